The van der Waals surface area contributed by atoms with E-state index in [-0.39, 0.29) is 24.8 Å². The molecule has 0 atom stereocenters. The van der Waals surface area contributed by atoms with Gasteiger partial charge in [-0.25, -0.2) is 4.79 Å². The Bertz CT molecular complexity index is 1080. The number of hydrogen-bond acceptors (Lipinski definition) is 3. The van der Waals surface area contributed by atoms with Crippen LogP contribution in [0.2, 0.25) is 5.02 Å². The fourth-order valence-corrected chi connectivity index (χ4v) is 3.69. The molecular formula is C24H18ClNO3. The van der Waals surface area contributed by atoms with Crippen LogP contribution in [-0.2, 0) is 4.74 Å². The van der Waals surface area contributed by atoms with E-state index in [0.29, 0.717) is 10.6 Å². The Labute approximate surface area is 174 Å². The number of hydrogen-bond donors (Lipinski definition) is 2. The summed E-state index contributed by atoms with van der Waals surface area (Å²) in [5, 5.41) is 12.8. The van der Waals surface area contributed by atoms with Crippen molar-refractivity contribution in [1.29, 1.82) is 0 Å². The fraction of sp³-hybridized carbons (Fsp3) is 0.125. The molecule has 3 aromatic rings. The van der Waals surface area contributed by atoms with E-state index in [1.807, 2.05) is 24.3 Å². The minimum Gasteiger partial charge on any atom is -0.507 e. The molecule has 2 N–H and O–H groups in total. The Morgan fingerprint density at radius 2 is 1.69 bits per heavy atom. The van der Waals surface area contributed by atoms with Crippen LogP contribution in [0.4, 0.5) is 4.79 Å². The number of fused-ring (bicyclic) bond motifs is 3. The molecular weight excluding hydrogens is 386 g/mol. The van der Waals surface area contributed by atoms with Gasteiger partial charge in [-0.05, 0) is 40.5 Å². The van der Waals surface area contributed by atoms with Crippen LogP contribution in [0.25, 0.3) is 11.1 Å². The van der Waals surface area contributed by atoms with E-state index < -0.39 is 6.09 Å². The van der Waals surface area contributed by atoms with Gasteiger partial charge >= 0.3 is 6.09 Å². The quantitative estimate of drug-likeness (QED) is 0.609. The maximum absolute atomic E-state index is 12.1. The van der Waals surface area contributed by atoms with Gasteiger partial charge in [-0.15, -0.1) is 0 Å². The number of amides is 1. The van der Waals surface area contributed by atoms with Gasteiger partial charge in [0.1, 0.15) is 12.4 Å². The Kier molecular flexibility index (Phi) is 5.41. The highest BCUT2D eigenvalue weighted by atomic mass is 35.5. The first kappa shape index (κ1) is 18.9. The predicted molar refractivity (Wildman–Crippen MR) is 113 cm³/mol. The van der Waals surface area contributed by atoms with Crippen molar-refractivity contribution in [2.45, 2.75) is 5.92 Å². The van der Waals surface area contributed by atoms with Crippen molar-refractivity contribution in [2.24, 2.45) is 0 Å². The summed E-state index contributed by atoms with van der Waals surface area (Å²) in [6.07, 6.45) is -0.531. The number of rotatable bonds is 3. The highest BCUT2D eigenvalue weighted by Crippen LogP contribution is 2.44. The molecule has 1 amide bonds. The van der Waals surface area contributed by atoms with E-state index in [0.717, 1.165) is 11.1 Å². The van der Waals surface area contributed by atoms with E-state index in [1.54, 1.807) is 12.1 Å². The van der Waals surface area contributed by atoms with Crippen molar-refractivity contribution in [3.05, 3.63) is 88.4 Å². The van der Waals surface area contributed by atoms with Crippen molar-refractivity contribution in [2.75, 3.05) is 13.2 Å². The predicted octanol–water partition coefficient (Wildman–Crippen LogP) is 4.94. The summed E-state index contributed by atoms with van der Waals surface area (Å²) >= 11 is 5.89. The highest BCUT2D eigenvalue weighted by molar-refractivity contribution is 6.30. The number of halogens is 1. The van der Waals surface area contributed by atoms with E-state index in [2.05, 4.69) is 41.4 Å². The van der Waals surface area contributed by atoms with Crippen LogP contribution in [0.15, 0.2) is 66.7 Å². The molecule has 29 heavy (non-hydrogen) atoms. The molecule has 0 bridgehead atoms. The molecule has 0 fully saturated rings. The van der Waals surface area contributed by atoms with Gasteiger partial charge in [-0.3, -0.25) is 0 Å². The molecule has 4 rings (SSSR count). The maximum Gasteiger partial charge on any atom is 0.407 e. The smallest absolute Gasteiger partial charge is 0.407 e. The van der Waals surface area contributed by atoms with Gasteiger partial charge in [0, 0.05) is 10.9 Å². The summed E-state index contributed by atoms with van der Waals surface area (Å²) in [4.78, 5) is 12.1. The number of nitrogens with one attached hydrogen (secondary N) is 1. The lowest BCUT2D eigenvalue weighted by molar-refractivity contribution is 0.144. The van der Waals surface area contributed by atoms with Crippen molar-refractivity contribution in [3.63, 3.8) is 0 Å². The number of phenols is 1. The monoisotopic (exact) mass is 403 g/mol. The minimum atomic E-state index is -0.531. The lowest BCUT2D eigenvalue weighted by atomic mass is 9.98. The van der Waals surface area contributed by atoms with Gasteiger partial charge < -0.3 is 15.2 Å². The molecule has 0 saturated heterocycles. The van der Waals surface area contributed by atoms with Crippen LogP contribution in [0.5, 0.6) is 5.75 Å². The standard InChI is InChI=1S/C24H18ClNO3/c25-17-11-12-23(27)16(14-17)6-5-13-26-24(28)29-15-22-20-9-3-1-7-18(20)19-8-2-4-10-21(19)22/h1-4,7-12,14,22,27H,13,15H2,(H,26,28). The number of benzene rings is 3. The SMILES string of the molecule is O=C(NCC#Cc1cc(Cl)ccc1O)OCC1c2ccccc2-c2ccccc21. The van der Waals surface area contributed by atoms with E-state index in [9.17, 15) is 9.90 Å². The molecule has 1 aliphatic rings. The average molecular weight is 404 g/mol. The lowest BCUT2D eigenvalue weighted by Crippen LogP contribution is -2.26. The third-order valence-corrected chi connectivity index (χ3v) is 5.08. The van der Waals surface area contributed by atoms with Crippen LogP contribution in [0, 0.1) is 11.8 Å². The molecule has 144 valence electrons. The summed E-state index contributed by atoms with van der Waals surface area (Å²) in [6.45, 7) is 0.352. The Balaban J connectivity index is 1.36. The number of aromatic hydroxyl groups is 1. The number of carbonyl (C=O) groups excluding carboxylic acids is 1. The van der Waals surface area contributed by atoms with Gasteiger partial charge in [0.25, 0.3) is 0 Å². The molecule has 0 aliphatic heterocycles. The summed E-state index contributed by atoms with van der Waals surface area (Å²) < 4.78 is 5.45. The van der Waals surface area contributed by atoms with Crippen molar-refractivity contribution >= 4 is 17.7 Å². The summed E-state index contributed by atoms with van der Waals surface area (Å²) in [5.41, 5.74) is 5.11. The van der Waals surface area contributed by atoms with Crippen LogP contribution in [-0.4, -0.2) is 24.4 Å². The third-order valence-electron chi connectivity index (χ3n) is 4.85. The lowest BCUT2D eigenvalue weighted by Gasteiger charge is -2.14. The first-order valence-electron chi connectivity index (χ1n) is 9.19. The zero-order chi connectivity index (χ0) is 20.2. The number of carbonyl (C=O) groups is 1. The highest BCUT2D eigenvalue weighted by Gasteiger charge is 2.28. The second kappa shape index (κ2) is 8.30. The third kappa shape index (κ3) is 4.06. The minimum absolute atomic E-state index is 0.0163. The van der Waals surface area contributed by atoms with Crippen molar-refractivity contribution in [3.8, 4) is 28.7 Å². The summed E-state index contributed by atoms with van der Waals surface area (Å²) in [7, 11) is 0. The molecule has 0 spiro atoms. The van der Waals surface area contributed by atoms with E-state index >= 15 is 0 Å². The zero-order valence-electron chi connectivity index (χ0n) is 15.5. The van der Waals surface area contributed by atoms with E-state index in [4.69, 9.17) is 16.3 Å². The first-order chi connectivity index (χ1) is 14.1. The van der Waals surface area contributed by atoms with Crippen molar-refractivity contribution < 1.29 is 14.6 Å². The van der Waals surface area contributed by atoms with Crippen LogP contribution >= 0.6 is 11.6 Å². The molecule has 5 heteroatoms. The van der Waals surface area contributed by atoms with Gasteiger partial charge in [0.15, 0.2) is 0 Å². The van der Waals surface area contributed by atoms with E-state index in [1.165, 1.54) is 17.2 Å². The van der Waals surface area contributed by atoms with Crippen molar-refractivity contribution in [1.82, 2.24) is 5.32 Å². The molecule has 1 aliphatic carbocycles. The maximum atomic E-state index is 12.1. The van der Waals surface area contributed by atoms with Gasteiger partial charge in [-0.2, -0.15) is 0 Å². The van der Waals surface area contributed by atoms with Crippen LogP contribution in [0.1, 0.15) is 22.6 Å². The van der Waals surface area contributed by atoms with Crippen LogP contribution in [0.3, 0.4) is 0 Å². The molecule has 3 aromatic carbocycles. The van der Waals surface area contributed by atoms with Gasteiger partial charge in [0.2, 0.25) is 0 Å². The fourth-order valence-electron chi connectivity index (χ4n) is 3.51. The first-order valence-corrected chi connectivity index (χ1v) is 9.57. The second-order valence-electron chi connectivity index (χ2n) is 6.64. The molecule has 0 heterocycles. The average Bonchev–Trinajstić information content (AvgIpc) is 3.06. The molecule has 0 radical (unpaired) electrons. The van der Waals surface area contributed by atoms with Crippen LogP contribution < -0.4 is 5.32 Å². The summed E-state index contributed by atoms with van der Waals surface area (Å²) in [5.74, 6) is 5.62. The Hall–Kier alpha value is -3.42. The molecule has 0 saturated carbocycles. The Morgan fingerprint density at radius 3 is 2.38 bits per heavy atom. The topological polar surface area (TPSA) is 58.6 Å². The van der Waals surface area contributed by atoms with Gasteiger partial charge in [0.05, 0.1) is 12.1 Å². The molecule has 0 aromatic heterocycles. The normalized spacial score (nSPS) is 11.8. The second-order valence-corrected chi connectivity index (χ2v) is 7.08. The number of phenolic OH excluding ortho intramolecular Hbond substituents is 1. The number of alkyl carbamates (subject to hydrolysis) is 1. The molecule has 0 unspecified atom stereocenters. The summed E-state index contributed by atoms with van der Waals surface area (Å²) in [6, 6.07) is 21.0. The zero-order valence-corrected chi connectivity index (χ0v) is 16.2. The number of ether oxygens (including phenoxy) is 1. The largest absolute Gasteiger partial charge is 0.507 e. The van der Waals surface area contributed by atoms with Gasteiger partial charge in [-0.1, -0.05) is 72.0 Å². The Morgan fingerprint density at radius 1 is 1.03 bits per heavy atom. The molecule has 4 nitrogen and oxygen atoms in total.